The fraction of sp³-hybridized carbons (Fsp3) is 0.864. The number of rotatable bonds is 0. The third-order valence-corrected chi connectivity index (χ3v) is 10.1. The van der Waals surface area contributed by atoms with E-state index >= 15 is 0 Å². The van der Waals surface area contributed by atoms with E-state index in [1.807, 2.05) is 5.57 Å². The molecule has 6 fully saturated rings. The van der Waals surface area contributed by atoms with Crippen LogP contribution in [0.5, 0.6) is 0 Å². The summed E-state index contributed by atoms with van der Waals surface area (Å²) in [6, 6.07) is 0.928. The first-order valence-electron chi connectivity index (χ1n) is 11.3. The van der Waals surface area contributed by atoms with E-state index in [-0.39, 0.29) is 6.03 Å². The number of hydrogen-bond acceptors (Lipinski definition) is 2. The van der Waals surface area contributed by atoms with Gasteiger partial charge in [-0.25, -0.2) is 10.2 Å². The maximum Gasteiger partial charge on any atom is 0.332 e. The van der Waals surface area contributed by atoms with Gasteiger partial charge in [0, 0.05) is 7.05 Å². The number of urea groups is 1. The molecule has 0 saturated heterocycles. The normalized spacial score (nSPS) is 55.2. The quantitative estimate of drug-likeness (QED) is 0.656. The summed E-state index contributed by atoms with van der Waals surface area (Å²) in [5.41, 5.74) is 7.46. The van der Waals surface area contributed by atoms with Crippen LogP contribution in [-0.4, -0.2) is 30.2 Å². The lowest BCUT2D eigenvalue weighted by atomic mass is 9.83. The smallest absolute Gasteiger partial charge is 0.332 e. The van der Waals surface area contributed by atoms with E-state index in [1.54, 1.807) is 12.6 Å². The van der Waals surface area contributed by atoms with Crippen molar-refractivity contribution in [2.45, 2.75) is 63.5 Å². The van der Waals surface area contributed by atoms with Crippen LogP contribution in [-0.2, 0) is 0 Å². The number of carbonyl (C=O) groups excluding carboxylic acids is 1. The zero-order valence-electron chi connectivity index (χ0n) is 15.8. The molecule has 0 bridgehead atoms. The maximum atomic E-state index is 12.9. The minimum Gasteiger partial charge on any atom is -0.340 e. The van der Waals surface area contributed by atoms with E-state index in [1.165, 1.54) is 51.4 Å². The molecule has 4 nitrogen and oxygen atoms in total. The highest BCUT2D eigenvalue weighted by Crippen LogP contribution is 2.68. The predicted octanol–water partition coefficient (Wildman–Crippen LogP) is 3.31. The summed E-state index contributed by atoms with van der Waals surface area (Å²) in [6.45, 7) is 0. The Labute approximate surface area is 156 Å². The van der Waals surface area contributed by atoms with Crippen molar-refractivity contribution in [3.05, 3.63) is 11.1 Å². The van der Waals surface area contributed by atoms with Gasteiger partial charge in [0.2, 0.25) is 0 Å². The summed E-state index contributed by atoms with van der Waals surface area (Å²) < 4.78 is 0. The zero-order chi connectivity index (χ0) is 17.2. The third-order valence-electron chi connectivity index (χ3n) is 10.1. The Bertz CT molecular complexity index is 716. The number of nitrogens with one attached hydrogen (secondary N) is 2. The van der Waals surface area contributed by atoms with Crippen molar-refractivity contribution in [3.8, 4) is 0 Å². The van der Waals surface area contributed by atoms with E-state index in [9.17, 15) is 4.79 Å². The van der Waals surface area contributed by atoms with Crippen molar-refractivity contribution < 1.29 is 4.79 Å². The summed E-state index contributed by atoms with van der Waals surface area (Å²) >= 11 is 0. The molecular weight excluding hydrogens is 322 g/mol. The maximum absolute atomic E-state index is 12.9. The second kappa shape index (κ2) is 4.87. The average molecular weight is 354 g/mol. The molecule has 6 aliphatic carbocycles. The highest BCUT2D eigenvalue weighted by atomic mass is 16.2. The molecule has 0 aromatic heterocycles. The molecule has 2 N–H and O–H groups in total. The highest BCUT2D eigenvalue weighted by Gasteiger charge is 2.65. The van der Waals surface area contributed by atoms with E-state index in [2.05, 4.69) is 15.8 Å². The van der Waals surface area contributed by atoms with E-state index in [0.29, 0.717) is 12.1 Å². The molecule has 7 aliphatic rings. The lowest BCUT2D eigenvalue weighted by Crippen LogP contribution is -2.61. The molecule has 0 spiro atoms. The van der Waals surface area contributed by atoms with Crippen LogP contribution in [0.4, 0.5) is 4.79 Å². The summed E-state index contributed by atoms with van der Waals surface area (Å²) in [7, 11) is 1.80. The molecule has 0 aromatic carbocycles. The highest BCUT2D eigenvalue weighted by molar-refractivity contribution is 5.75. The van der Waals surface area contributed by atoms with Crippen LogP contribution in [0.3, 0.4) is 0 Å². The molecule has 26 heavy (non-hydrogen) atoms. The van der Waals surface area contributed by atoms with Gasteiger partial charge in [-0.1, -0.05) is 0 Å². The number of hydrogen-bond donors (Lipinski definition) is 2. The molecular formula is C22H31N3O. The van der Waals surface area contributed by atoms with Gasteiger partial charge in [-0.2, -0.15) is 0 Å². The zero-order valence-corrected chi connectivity index (χ0v) is 15.8. The number of nitrogens with zero attached hydrogens (tertiary/aromatic N) is 1. The lowest BCUT2D eigenvalue weighted by Gasteiger charge is -2.43. The Kier molecular flexibility index (Phi) is 2.80. The van der Waals surface area contributed by atoms with Crippen LogP contribution in [0.15, 0.2) is 11.1 Å². The molecule has 7 rings (SSSR count). The SMILES string of the molecule is CNC(=O)N1N[C@@H]2C(=C3[C@@H]1[C@H]1CC[C@H]4CC[C@@H]3[C@@H]41)[C@@H]1CC[C@@H]3CC[C@@H]2[C@@H]31. The molecule has 2 amide bonds. The first kappa shape index (κ1) is 15.0. The van der Waals surface area contributed by atoms with E-state index < -0.39 is 0 Å². The molecule has 0 aromatic rings. The average Bonchev–Trinajstić information content (AvgIpc) is 3.43. The topological polar surface area (TPSA) is 44.4 Å². The monoisotopic (exact) mass is 353 g/mol. The molecule has 0 radical (unpaired) electrons. The van der Waals surface area contributed by atoms with Gasteiger partial charge < -0.3 is 5.32 Å². The Morgan fingerprint density at radius 2 is 1.50 bits per heavy atom. The Morgan fingerprint density at radius 1 is 0.885 bits per heavy atom. The molecule has 4 heteroatoms. The minimum atomic E-state index is 0.0987. The lowest BCUT2D eigenvalue weighted by molar-refractivity contribution is 0.0984. The number of hydrazine groups is 1. The number of fused-ring (bicyclic) bond motifs is 6. The largest absolute Gasteiger partial charge is 0.340 e. The second-order valence-electron chi connectivity index (χ2n) is 10.4. The molecule has 140 valence electrons. The van der Waals surface area contributed by atoms with Crippen LogP contribution in [0.25, 0.3) is 0 Å². The van der Waals surface area contributed by atoms with E-state index in [0.717, 1.165) is 47.3 Å². The fourth-order valence-electron chi connectivity index (χ4n) is 9.59. The van der Waals surface area contributed by atoms with Crippen molar-refractivity contribution in [1.29, 1.82) is 0 Å². The van der Waals surface area contributed by atoms with Gasteiger partial charge in [0.15, 0.2) is 0 Å². The number of carbonyl (C=O) groups is 1. The van der Waals surface area contributed by atoms with Crippen molar-refractivity contribution in [3.63, 3.8) is 0 Å². The molecule has 0 unspecified atom stereocenters. The Hall–Kier alpha value is -1.03. The van der Waals surface area contributed by atoms with Crippen molar-refractivity contribution in [2.75, 3.05) is 7.05 Å². The van der Waals surface area contributed by atoms with Gasteiger partial charge in [-0.15, -0.1) is 0 Å². The summed E-state index contributed by atoms with van der Waals surface area (Å²) in [4.78, 5) is 12.9. The summed E-state index contributed by atoms with van der Waals surface area (Å²) in [6.07, 6.45) is 11.3. The Morgan fingerprint density at radius 3 is 2.23 bits per heavy atom. The Balaban J connectivity index is 1.42. The van der Waals surface area contributed by atoms with Crippen molar-refractivity contribution >= 4 is 6.03 Å². The van der Waals surface area contributed by atoms with Gasteiger partial charge in [0.1, 0.15) is 0 Å². The minimum absolute atomic E-state index is 0.0987. The van der Waals surface area contributed by atoms with Gasteiger partial charge in [0.05, 0.1) is 12.1 Å². The van der Waals surface area contributed by atoms with E-state index in [4.69, 9.17) is 0 Å². The van der Waals surface area contributed by atoms with Gasteiger partial charge in [-0.3, -0.25) is 5.01 Å². The molecule has 1 heterocycles. The van der Waals surface area contributed by atoms with Crippen LogP contribution in [0.2, 0.25) is 0 Å². The third kappa shape index (κ3) is 1.54. The first-order chi connectivity index (χ1) is 12.8. The van der Waals surface area contributed by atoms with Crippen molar-refractivity contribution in [1.82, 2.24) is 15.8 Å². The van der Waals surface area contributed by atoms with Gasteiger partial charge in [-0.05, 0) is 110 Å². The van der Waals surface area contributed by atoms with Crippen LogP contribution in [0, 0.1) is 47.3 Å². The van der Waals surface area contributed by atoms with Crippen LogP contribution >= 0.6 is 0 Å². The van der Waals surface area contributed by atoms with Crippen molar-refractivity contribution in [2.24, 2.45) is 47.3 Å². The number of amides is 2. The van der Waals surface area contributed by atoms with Crippen LogP contribution in [0.1, 0.15) is 51.4 Å². The first-order valence-corrected chi connectivity index (χ1v) is 11.3. The summed E-state index contributed by atoms with van der Waals surface area (Å²) in [5, 5.41) is 5.03. The molecule has 10 atom stereocenters. The second-order valence-corrected chi connectivity index (χ2v) is 10.4. The standard InChI is InChI=1S/C22H31N3O/c1-23-22(26)25-21-15-9-5-11-3-7-13(17(11)15)19(21)18-12-6-2-10-4-8-14(16(10)12)20(18)24-25/h10-17,20-21,24H,2-9H2,1H3,(H,23,26)/t10-,11-,12-,13-,14-,15+,16+,17-,20+,21+/m1/s1. The molecule has 6 saturated carbocycles. The van der Waals surface area contributed by atoms with Crippen LogP contribution < -0.4 is 10.7 Å². The van der Waals surface area contributed by atoms with Gasteiger partial charge in [0.25, 0.3) is 0 Å². The fourth-order valence-corrected chi connectivity index (χ4v) is 9.59. The molecule has 1 aliphatic heterocycles. The van der Waals surface area contributed by atoms with Gasteiger partial charge >= 0.3 is 6.03 Å². The summed E-state index contributed by atoms with van der Waals surface area (Å²) in [5.74, 6) is 6.92. The predicted molar refractivity (Wildman–Crippen MR) is 98.9 cm³/mol.